The quantitative estimate of drug-likeness (QED) is 0.0345. The van der Waals surface area contributed by atoms with Gasteiger partial charge in [-0.1, -0.05) is 119 Å². The summed E-state index contributed by atoms with van der Waals surface area (Å²) in [5, 5.41) is 22.1. The van der Waals surface area contributed by atoms with Crippen LogP contribution in [0.3, 0.4) is 0 Å². The molecule has 0 fully saturated rings. The molecule has 0 saturated carbocycles. The highest BCUT2D eigenvalue weighted by atomic mass is 35.5. The number of terminal acetylenes is 6. The zero-order chi connectivity index (χ0) is 104. The lowest BCUT2D eigenvalue weighted by molar-refractivity contribution is -0.138. The van der Waals surface area contributed by atoms with E-state index in [1.54, 1.807) is 180 Å². The van der Waals surface area contributed by atoms with Crippen molar-refractivity contribution in [2.75, 3.05) is 112 Å². The van der Waals surface area contributed by atoms with Crippen LogP contribution in [0, 0.1) is 80.0 Å². The number of hydrogen-bond acceptors (Lipinski definition) is 25. The maximum Gasteiger partial charge on any atom is 0.401 e. The number of aromatic nitrogens is 18. The average molecular weight is 2150 g/mol. The van der Waals surface area contributed by atoms with Gasteiger partial charge in [0.25, 0.3) is 0 Å². The Labute approximate surface area is 864 Å². The Hall–Kier alpha value is -12.6. The highest BCUT2D eigenvalue weighted by Crippen LogP contribution is 2.37. The summed E-state index contributed by atoms with van der Waals surface area (Å²) in [7, 11) is -4.89. The summed E-state index contributed by atoms with van der Waals surface area (Å²) < 4.78 is 82.8. The van der Waals surface area contributed by atoms with Gasteiger partial charge in [0, 0.05) is 78.6 Å². The molecular formula is C93H93Cl6F3N24O9S6. The molecule has 48 heteroatoms. The van der Waals surface area contributed by atoms with E-state index in [1.165, 1.54) is 95.2 Å². The van der Waals surface area contributed by atoms with E-state index in [0.29, 0.717) is 69.7 Å². The number of carbonyl (C=O) groups excluding carboxylic acids is 6. The molecule has 141 heavy (non-hydrogen) atoms. The summed E-state index contributed by atoms with van der Waals surface area (Å²) in [5.74, 6) is 13.1. The Kier molecular flexibility index (Phi) is 46.4. The Morgan fingerprint density at radius 1 is 0.404 bits per heavy atom. The fourth-order valence-electron chi connectivity index (χ4n) is 12.0. The first-order valence-electron chi connectivity index (χ1n) is 41.3. The Morgan fingerprint density at radius 3 is 0.879 bits per heavy atom. The minimum Gasteiger partial charge on any atom is -0.296 e. The van der Waals surface area contributed by atoms with E-state index in [4.69, 9.17) is 108 Å². The molecule has 0 spiro atoms. The van der Waals surface area contributed by atoms with Crippen molar-refractivity contribution in [3.8, 4) is 108 Å². The molecule has 0 N–H and O–H groups in total. The van der Waals surface area contributed by atoms with Crippen molar-refractivity contribution >= 4 is 207 Å². The number of halogens is 9. The van der Waals surface area contributed by atoms with E-state index >= 15 is 0 Å². The third kappa shape index (κ3) is 33.0. The first-order valence-corrected chi connectivity index (χ1v) is 52.4. The van der Waals surface area contributed by atoms with E-state index in [-0.39, 0.29) is 116 Å². The van der Waals surface area contributed by atoms with Crippen molar-refractivity contribution < 1.29 is 54.6 Å². The third-order valence-electron chi connectivity index (χ3n) is 19.6. The molecule has 12 heterocycles. The van der Waals surface area contributed by atoms with Crippen LogP contribution in [0.4, 0.5) is 47.3 Å². The minimum absolute atomic E-state index is 0.0127. The molecule has 0 aliphatic rings. The van der Waals surface area contributed by atoms with E-state index in [0.717, 1.165) is 33.1 Å². The number of anilines is 6. The molecule has 33 nitrogen and oxygen atoms in total. The molecule has 12 aromatic heterocycles. The van der Waals surface area contributed by atoms with Gasteiger partial charge in [0.05, 0.1) is 159 Å². The first kappa shape index (κ1) is 115. The van der Waals surface area contributed by atoms with Crippen LogP contribution < -0.4 is 29.4 Å². The number of hydrogen-bond donors (Lipinski definition) is 0. The predicted molar refractivity (Wildman–Crippen MR) is 559 cm³/mol. The van der Waals surface area contributed by atoms with Crippen molar-refractivity contribution in [1.29, 1.82) is 0 Å². The number of carbonyl (C=O) groups is 6. The maximum atomic E-state index is 13.0. The molecule has 0 aliphatic carbocycles. The maximum absolute atomic E-state index is 13.0. The third-order valence-corrected chi connectivity index (χ3v) is 27.6. The molecule has 0 radical (unpaired) electrons. The average Bonchev–Trinajstić information content (AvgIpc) is 1.61. The van der Waals surface area contributed by atoms with Gasteiger partial charge in [-0.3, -0.25) is 92.3 Å². The second-order valence-electron chi connectivity index (χ2n) is 29.3. The van der Waals surface area contributed by atoms with Gasteiger partial charge in [-0.05, 0) is 125 Å². The molecule has 0 bridgehead atoms. The van der Waals surface area contributed by atoms with Crippen molar-refractivity contribution in [2.24, 2.45) is 5.92 Å². The van der Waals surface area contributed by atoms with Gasteiger partial charge >= 0.3 is 6.18 Å². The fraction of sp³-hybridized carbons (Fsp3) is 0.290. The molecule has 12 rings (SSSR count). The van der Waals surface area contributed by atoms with Crippen LogP contribution in [0.5, 0.6) is 0 Å². The number of nitrogens with zero attached hydrogens (tertiary/aromatic N) is 24. The zero-order valence-corrected chi connectivity index (χ0v) is 86.8. The molecule has 6 unspecified atom stereocenters. The molecule has 6 atom stereocenters. The van der Waals surface area contributed by atoms with E-state index in [2.05, 4.69) is 110 Å². The van der Waals surface area contributed by atoms with Crippen LogP contribution in [0.25, 0.3) is 34.1 Å². The molecule has 6 amide bonds. The zero-order valence-electron chi connectivity index (χ0n) is 77.4. The number of sulfone groups is 1. The van der Waals surface area contributed by atoms with Crippen LogP contribution in [0.15, 0.2) is 184 Å². The van der Waals surface area contributed by atoms with Gasteiger partial charge in [-0.15, -0.1) is 38.5 Å². The van der Waals surface area contributed by atoms with Crippen molar-refractivity contribution in [2.45, 2.75) is 79.9 Å². The molecule has 738 valence electrons. The topological polar surface area (TPSA) is 357 Å². The van der Waals surface area contributed by atoms with Gasteiger partial charge in [0.15, 0.2) is 40.8 Å². The summed E-state index contributed by atoms with van der Waals surface area (Å²) in [6, 6.07) is 21.4. The molecular weight excluding hydrogens is 2060 g/mol. The normalized spacial score (nSPS) is 12.0. The standard InChI is InChI=1S/C18H21ClN4OS.C16H14ClF3N4OS.C15H15ClN4O3S.C15H15ClN4O2S.C15H15ClN4OS.C14H13ClN4OS/c1-5-9-22(17(24)10-16(25-4)13(2)3)15-12-23(21-18(15)19)14-7-6-8-20-11-14;1-3-7-23(14(25)8-13(26-2)16(18,19)20)12-10-24(22-15(12)17)11-5-4-6-21-9-11;1-4-8-19(15(21)11(2)24(3,22)23)13-10-20(18-14(13)16)12-6-5-7-17-9-12;1-4-8-19(15(21)11(2)23(3)22)13-10-20(18-14(13)16)12-6-5-7-17-9-12;1-4-8-19(15(21)11(2)22-3)13-10-20(18-14(13)16)12-6-5-7-17-9-12;1-3-7-18(13(20)10-21-2)12-9-19(17-14(12)15)11-5-4-6-16-8-11/h1,6-8,11-13,16H,9-10H2,2-4H3;1,4-6,9-10,13H,7-8H2,2H3;1,5-7,9-11H,8H2,2-3H3;1,5-7,9-11H,8H2,2-3H3;1,5-7,9-11H,8H2,2-3H3;1,4-6,8-9H,7,10H2,2H3. The van der Waals surface area contributed by atoms with Gasteiger partial charge < -0.3 is 0 Å². The lowest BCUT2D eigenvalue weighted by atomic mass is 10.1. The number of rotatable bonds is 33. The number of thioether (sulfide) groups is 4. The smallest absolute Gasteiger partial charge is 0.296 e. The second kappa shape index (κ2) is 56.7. The van der Waals surface area contributed by atoms with Crippen LogP contribution in [-0.2, 0) is 49.4 Å². The SMILES string of the molecule is C#CCN(C(=O)C(C)S(C)(=O)=O)c1cn(-c2cccnc2)nc1Cl.C#CCN(C(=O)C(C)S(C)=O)c1cn(-c2cccnc2)nc1Cl.C#CCN(C(=O)C(C)SC)c1cn(-c2cccnc2)nc1Cl.C#CCN(C(=O)CC(SC)C(C)C)c1cn(-c2cccnc2)nc1Cl.C#CCN(C(=O)CC(SC)C(F)(F)F)c1cn(-c2cccnc2)nc1Cl.C#CCN(C(=O)CSC)c1cn(-c2cccnc2)nc1Cl. The predicted octanol–water partition coefficient (Wildman–Crippen LogP) is 15.1. The van der Waals surface area contributed by atoms with E-state index in [1.807, 2.05) is 43.9 Å². The lowest BCUT2D eigenvalue weighted by Gasteiger charge is -2.23. The largest absolute Gasteiger partial charge is 0.401 e. The number of amides is 6. The van der Waals surface area contributed by atoms with Gasteiger partial charge in [0.1, 0.15) is 49.9 Å². The number of pyridine rings is 6. The van der Waals surface area contributed by atoms with Crippen LogP contribution >= 0.6 is 117 Å². The first-order chi connectivity index (χ1) is 67.2. The Balaban J connectivity index is 0.000000230. The highest BCUT2D eigenvalue weighted by molar-refractivity contribution is 8.00. The fourth-order valence-corrected chi connectivity index (χ4v) is 16.4. The molecule has 0 aliphatic heterocycles. The Bertz CT molecular complexity index is 6610. The van der Waals surface area contributed by atoms with Crippen molar-refractivity contribution in [3.05, 3.63) is 215 Å². The summed E-state index contributed by atoms with van der Waals surface area (Å²) in [6.45, 7) is 9.03. The van der Waals surface area contributed by atoms with Crippen LogP contribution in [0.2, 0.25) is 30.9 Å². The molecule has 0 aromatic carbocycles. The summed E-state index contributed by atoms with van der Waals surface area (Å²) in [6.07, 6.45) is 65.9. The van der Waals surface area contributed by atoms with Crippen LogP contribution in [-0.4, -0.2) is 252 Å². The van der Waals surface area contributed by atoms with E-state index in [9.17, 15) is 54.6 Å². The van der Waals surface area contributed by atoms with Crippen molar-refractivity contribution in [3.63, 3.8) is 0 Å². The van der Waals surface area contributed by atoms with Crippen molar-refractivity contribution in [1.82, 2.24) is 88.6 Å². The summed E-state index contributed by atoms with van der Waals surface area (Å²) >= 11 is 42.1. The minimum atomic E-state index is -4.50. The summed E-state index contributed by atoms with van der Waals surface area (Å²) in [4.78, 5) is 107. The Morgan fingerprint density at radius 2 is 0.660 bits per heavy atom. The molecule has 12 aromatic rings. The lowest BCUT2D eigenvalue weighted by Crippen LogP contribution is -2.41. The molecule has 0 saturated heterocycles. The van der Waals surface area contributed by atoms with Gasteiger partial charge in [-0.25, -0.2) is 36.5 Å². The van der Waals surface area contributed by atoms with E-state index < -0.39 is 60.8 Å². The second-order valence-corrected chi connectivity index (χ2v) is 39.7. The highest BCUT2D eigenvalue weighted by Gasteiger charge is 2.42. The summed E-state index contributed by atoms with van der Waals surface area (Å²) in [5.41, 5.74) is 6.42. The van der Waals surface area contributed by atoms with Crippen LogP contribution in [0.1, 0.15) is 47.5 Å². The van der Waals surface area contributed by atoms with Gasteiger partial charge in [0.2, 0.25) is 35.4 Å². The monoisotopic (exact) mass is 2150 g/mol. The van der Waals surface area contributed by atoms with Gasteiger partial charge in [-0.2, -0.15) is 90.8 Å². The number of alkyl halides is 3.